The molecule has 0 aliphatic carbocycles. The Hall–Kier alpha value is -2.23. The monoisotopic (exact) mass is 260 g/mol. The molecular weight excluding hydrogens is 244 g/mol. The Morgan fingerprint density at radius 3 is 2.00 bits per heavy atom. The highest BCUT2D eigenvalue weighted by Gasteiger charge is 2.17. The molecule has 0 aliphatic heterocycles. The van der Waals surface area contributed by atoms with E-state index in [4.69, 9.17) is 5.11 Å². The lowest BCUT2D eigenvalue weighted by molar-refractivity contribution is -0.131. The maximum absolute atomic E-state index is 12.0. The number of carboxylic acids is 1. The van der Waals surface area contributed by atoms with Gasteiger partial charge in [-0.25, -0.2) is 4.79 Å². The number of carbonyl (C=O) groups is 3. The fourth-order valence-corrected chi connectivity index (χ4v) is 2.34. The summed E-state index contributed by atoms with van der Waals surface area (Å²) >= 11 is 0. The van der Waals surface area contributed by atoms with E-state index in [1.54, 1.807) is 19.9 Å². The summed E-state index contributed by atoms with van der Waals surface area (Å²) in [6, 6.07) is 1.77. The number of hydrogen-bond acceptors (Lipinski definition) is 3. The molecule has 0 saturated carbocycles. The molecule has 0 atom stereocenters. The van der Waals surface area contributed by atoms with Crippen LogP contribution in [0.4, 0.5) is 0 Å². The van der Waals surface area contributed by atoms with Gasteiger partial charge in [-0.1, -0.05) is 6.07 Å². The lowest BCUT2D eigenvalue weighted by Crippen LogP contribution is -2.09. The van der Waals surface area contributed by atoms with Crippen molar-refractivity contribution in [1.82, 2.24) is 0 Å². The molecule has 4 heteroatoms. The zero-order valence-corrected chi connectivity index (χ0v) is 11.4. The van der Waals surface area contributed by atoms with Crippen molar-refractivity contribution >= 4 is 17.5 Å². The molecule has 0 aliphatic rings. The highest BCUT2D eigenvalue weighted by atomic mass is 16.4. The Kier molecular flexibility index (Phi) is 4.38. The van der Waals surface area contributed by atoms with E-state index < -0.39 is 11.8 Å². The molecule has 1 N–H and O–H groups in total. The van der Waals surface area contributed by atoms with E-state index >= 15 is 0 Å². The van der Waals surface area contributed by atoms with Crippen molar-refractivity contribution in [3.63, 3.8) is 0 Å². The van der Waals surface area contributed by atoms with Gasteiger partial charge in [-0.3, -0.25) is 9.59 Å². The predicted molar refractivity (Wildman–Crippen MR) is 71.8 cm³/mol. The first-order valence-electron chi connectivity index (χ1n) is 5.82. The molecule has 0 aromatic heterocycles. The molecular formula is C15H16O4. The number of aliphatic carboxylic acids is 1. The van der Waals surface area contributed by atoms with Gasteiger partial charge in [-0.15, -0.1) is 0 Å². The standard InChI is InChI=1S/C15H16O4/c1-8-7-9(2)15(10(3)14(8)11(4)16)12(17)5-6-13(18)19/h5-7H,1-4H3,(H,18,19)/b6-5-. The minimum Gasteiger partial charge on any atom is -0.478 e. The normalized spacial score (nSPS) is 10.7. The molecule has 4 nitrogen and oxygen atoms in total. The van der Waals surface area contributed by atoms with E-state index in [0.717, 1.165) is 23.3 Å². The number of aryl methyl sites for hydroxylation is 2. The van der Waals surface area contributed by atoms with Crippen molar-refractivity contribution in [2.24, 2.45) is 0 Å². The zero-order chi connectivity index (χ0) is 14.7. The van der Waals surface area contributed by atoms with Gasteiger partial charge >= 0.3 is 5.97 Å². The largest absolute Gasteiger partial charge is 0.478 e. The van der Waals surface area contributed by atoms with E-state index in [-0.39, 0.29) is 5.78 Å². The molecule has 1 rings (SSSR count). The first kappa shape index (κ1) is 14.8. The molecule has 0 bridgehead atoms. The van der Waals surface area contributed by atoms with Gasteiger partial charge < -0.3 is 5.11 Å². The van der Waals surface area contributed by atoms with Gasteiger partial charge in [0.2, 0.25) is 0 Å². The molecule has 1 aromatic carbocycles. The van der Waals surface area contributed by atoms with Crippen LogP contribution < -0.4 is 0 Å². The Labute approximate surface area is 111 Å². The second-order valence-corrected chi connectivity index (χ2v) is 4.48. The summed E-state index contributed by atoms with van der Waals surface area (Å²) in [6.45, 7) is 6.74. The number of rotatable bonds is 4. The van der Waals surface area contributed by atoms with E-state index in [9.17, 15) is 14.4 Å². The third-order valence-corrected chi connectivity index (χ3v) is 2.95. The maximum Gasteiger partial charge on any atom is 0.328 e. The van der Waals surface area contributed by atoms with Gasteiger partial charge in [0.15, 0.2) is 11.6 Å². The fraction of sp³-hybridized carbons (Fsp3) is 0.267. The van der Waals surface area contributed by atoms with Gasteiger partial charge in [0.1, 0.15) is 0 Å². The molecule has 0 radical (unpaired) electrons. The Morgan fingerprint density at radius 1 is 1.00 bits per heavy atom. The van der Waals surface area contributed by atoms with E-state index in [0.29, 0.717) is 16.7 Å². The van der Waals surface area contributed by atoms with Crippen molar-refractivity contribution in [1.29, 1.82) is 0 Å². The summed E-state index contributed by atoms with van der Waals surface area (Å²) in [5, 5.41) is 8.54. The highest BCUT2D eigenvalue weighted by molar-refractivity contribution is 6.11. The van der Waals surface area contributed by atoms with Crippen LogP contribution in [-0.2, 0) is 4.79 Å². The SMILES string of the molecule is CC(=O)c1c(C)cc(C)c(C(=O)/C=C\C(=O)O)c1C. The van der Waals surface area contributed by atoms with Crippen molar-refractivity contribution in [2.75, 3.05) is 0 Å². The van der Waals surface area contributed by atoms with Gasteiger partial charge in [0.05, 0.1) is 0 Å². The Bertz CT molecular complexity index is 595. The molecule has 19 heavy (non-hydrogen) atoms. The topological polar surface area (TPSA) is 71.4 Å². The maximum atomic E-state index is 12.0. The summed E-state index contributed by atoms with van der Waals surface area (Å²) in [7, 11) is 0. The minimum atomic E-state index is -1.18. The van der Waals surface area contributed by atoms with Crippen molar-refractivity contribution < 1.29 is 19.5 Å². The summed E-state index contributed by atoms with van der Waals surface area (Å²) < 4.78 is 0. The smallest absolute Gasteiger partial charge is 0.328 e. The number of hydrogen-bond donors (Lipinski definition) is 1. The average molecular weight is 260 g/mol. The first-order chi connectivity index (χ1) is 8.75. The fourth-order valence-electron chi connectivity index (χ4n) is 2.34. The van der Waals surface area contributed by atoms with Crippen LogP contribution in [0.2, 0.25) is 0 Å². The van der Waals surface area contributed by atoms with Gasteiger partial charge in [-0.2, -0.15) is 0 Å². The number of carboxylic acid groups (broad SMARTS) is 1. The van der Waals surface area contributed by atoms with Crippen LogP contribution in [0.25, 0.3) is 0 Å². The van der Waals surface area contributed by atoms with Crippen LogP contribution in [0.1, 0.15) is 44.3 Å². The molecule has 1 aromatic rings. The summed E-state index contributed by atoms with van der Waals surface area (Å²) in [4.78, 5) is 34.1. The molecule has 0 unspecified atom stereocenters. The lowest BCUT2D eigenvalue weighted by atomic mass is 9.89. The summed E-state index contributed by atoms with van der Waals surface area (Å²) in [5.41, 5.74) is 3.08. The van der Waals surface area contributed by atoms with Crippen molar-refractivity contribution in [3.05, 3.63) is 46.0 Å². The number of allylic oxidation sites excluding steroid dienone is 1. The van der Waals surface area contributed by atoms with Crippen LogP contribution in [0.5, 0.6) is 0 Å². The molecule has 100 valence electrons. The van der Waals surface area contributed by atoms with E-state index in [1.165, 1.54) is 6.92 Å². The lowest BCUT2D eigenvalue weighted by Gasteiger charge is -2.13. The van der Waals surface area contributed by atoms with Crippen LogP contribution in [0.15, 0.2) is 18.2 Å². The highest BCUT2D eigenvalue weighted by Crippen LogP contribution is 2.23. The van der Waals surface area contributed by atoms with Crippen LogP contribution in [0.3, 0.4) is 0 Å². The third kappa shape index (κ3) is 3.16. The average Bonchev–Trinajstić information content (AvgIpc) is 2.24. The summed E-state index contributed by atoms with van der Waals surface area (Å²) in [6.07, 6.45) is 1.81. The van der Waals surface area contributed by atoms with Crippen LogP contribution in [-0.4, -0.2) is 22.6 Å². The molecule has 0 fully saturated rings. The van der Waals surface area contributed by atoms with Crippen molar-refractivity contribution in [3.8, 4) is 0 Å². The third-order valence-electron chi connectivity index (χ3n) is 2.95. The van der Waals surface area contributed by atoms with Gasteiger partial charge in [0, 0.05) is 17.2 Å². The second-order valence-electron chi connectivity index (χ2n) is 4.48. The zero-order valence-electron chi connectivity index (χ0n) is 11.4. The minimum absolute atomic E-state index is 0.105. The van der Waals surface area contributed by atoms with Gasteiger partial charge in [0.25, 0.3) is 0 Å². The van der Waals surface area contributed by atoms with Crippen molar-refractivity contribution in [2.45, 2.75) is 27.7 Å². The molecule has 0 saturated heterocycles. The first-order valence-corrected chi connectivity index (χ1v) is 5.82. The Balaban J connectivity index is 3.44. The van der Waals surface area contributed by atoms with Gasteiger partial charge in [-0.05, 0) is 50.5 Å². The predicted octanol–water partition coefficient (Wildman–Crippen LogP) is 2.64. The second kappa shape index (κ2) is 5.61. The molecule has 0 spiro atoms. The van der Waals surface area contributed by atoms with E-state index in [2.05, 4.69) is 0 Å². The number of ketones is 2. The Morgan fingerprint density at radius 2 is 1.53 bits per heavy atom. The molecule has 0 heterocycles. The summed E-state index contributed by atoms with van der Waals surface area (Å²) in [5.74, 6) is -1.69. The van der Waals surface area contributed by atoms with Crippen LogP contribution in [0, 0.1) is 20.8 Å². The number of carbonyl (C=O) groups excluding carboxylic acids is 2. The quantitative estimate of drug-likeness (QED) is 0.667. The number of Topliss-reactive ketones (excluding diaryl/α,β-unsaturated/α-hetero) is 1. The van der Waals surface area contributed by atoms with Crippen LogP contribution >= 0.6 is 0 Å². The molecule has 0 amide bonds. The van der Waals surface area contributed by atoms with E-state index in [1.807, 2.05) is 6.92 Å². The number of benzene rings is 1.